The molecule has 19 heavy (non-hydrogen) atoms. The van der Waals surface area contributed by atoms with Gasteiger partial charge in [-0.2, -0.15) is 0 Å². The zero-order valence-corrected chi connectivity index (χ0v) is 10.7. The third-order valence-corrected chi connectivity index (χ3v) is 2.13. The van der Waals surface area contributed by atoms with E-state index >= 15 is 0 Å². The number of pyridine rings is 1. The highest BCUT2D eigenvalue weighted by atomic mass is 16.5. The molecule has 0 spiro atoms. The lowest BCUT2D eigenvalue weighted by molar-refractivity contribution is -0.136. The van der Waals surface area contributed by atoms with E-state index in [1.54, 1.807) is 18.3 Å². The number of nitrogens with one attached hydrogen (secondary N) is 2. The molecule has 1 rings (SSSR count). The van der Waals surface area contributed by atoms with Gasteiger partial charge in [0.1, 0.15) is 5.82 Å². The van der Waals surface area contributed by atoms with Gasteiger partial charge in [-0.3, -0.25) is 9.59 Å². The van der Waals surface area contributed by atoms with Crippen LogP contribution >= 0.6 is 0 Å². The van der Waals surface area contributed by atoms with E-state index < -0.39 is 11.8 Å². The first-order valence-electron chi connectivity index (χ1n) is 5.84. The Labute approximate surface area is 111 Å². The van der Waals surface area contributed by atoms with Gasteiger partial charge in [0.25, 0.3) is 0 Å². The van der Waals surface area contributed by atoms with E-state index in [1.807, 2.05) is 6.92 Å². The van der Waals surface area contributed by atoms with Gasteiger partial charge in [0.15, 0.2) is 0 Å². The molecular formula is C12H17N3O4. The van der Waals surface area contributed by atoms with E-state index in [1.165, 1.54) is 0 Å². The van der Waals surface area contributed by atoms with E-state index in [9.17, 15) is 9.59 Å². The number of aliphatic hydroxyl groups is 1. The Hall–Kier alpha value is -1.99. The molecule has 1 heterocycles. The minimum absolute atomic E-state index is 0.0759. The predicted octanol–water partition coefficient (Wildman–Crippen LogP) is -0.546. The molecule has 0 unspecified atom stereocenters. The first kappa shape index (κ1) is 15.1. The number of ether oxygens (including phenoxy) is 1. The van der Waals surface area contributed by atoms with Gasteiger partial charge in [0.05, 0.1) is 19.8 Å². The zero-order valence-electron chi connectivity index (χ0n) is 10.7. The molecule has 0 saturated heterocycles. The Morgan fingerprint density at radius 3 is 2.74 bits per heavy atom. The van der Waals surface area contributed by atoms with Crippen LogP contribution in [0.1, 0.15) is 5.56 Å². The maximum Gasteiger partial charge on any atom is 0.314 e. The lowest BCUT2D eigenvalue weighted by Crippen LogP contribution is -2.37. The average Bonchev–Trinajstić information content (AvgIpc) is 2.41. The van der Waals surface area contributed by atoms with Crippen molar-refractivity contribution in [1.82, 2.24) is 10.3 Å². The van der Waals surface area contributed by atoms with Crippen molar-refractivity contribution in [1.29, 1.82) is 0 Å². The number of carbonyl (C=O) groups excluding carboxylic acids is 2. The molecule has 7 heteroatoms. The van der Waals surface area contributed by atoms with Crippen LogP contribution in [-0.4, -0.2) is 48.3 Å². The summed E-state index contributed by atoms with van der Waals surface area (Å²) in [6.07, 6.45) is 1.59. The molecule has 2 amide bonds. The van der Waals surface area contributed by atoms with Gasteiger partial charge in [-0.25, -0.2) is 4.98 Å². The Bertz CT molecular complexity index is 419. The van der Waals surface area contributed by atoms with Crippen LogP contribution in [0, 0.1) is 6.92 Å². The van der Waals surface area contributed by atoms with Gasteiger partial charge in [0, 0.05) is 12.7 Å². The fraction of sp³-hybridized carbons (Fsp3) is 0.417. The van der Waals surface area contributed by atoms with E-state index in [0.717, 1.165) is 5.56 Å². The fourth-order valence-electron chi connectivity index (χ4n) is 1.20. The summed E-state index contributed by atoms with van der Waals surface area (Å²) in [7, 11) is 0. The van der Waals surface area contributed by atoms with Crippen molar-refractivity contribution in [2.45, 2.75) is 6.92 Å². The summed E-state index contributed by atoms with van der Waals surface area (Å²) in [4.78, 5) is 26.8. The van der Waals surface area contributed by atoms with Gasteiger partial charge in [0.2, 0.25) is 0 Å². The van der Waals surface area contributed by atoms with Gasteiger partial charge >= 0.3 is 11.8 Å². The highest BCUT2D eigenvalue weighted by molar-refractivity contribution is 6.39. The second kappa shape index (κ2) is 8.17. The van der Waals surface area contributed by atoms with Gasteiger partial charge < -0.3 is 20.5 Å². The van der Waals surface area contributed by atoms with Gasteiger partial charge in [-0.05, 0) is 18.6 Å². The maximum atomic E-state index is 11.5. The number of amides is 2. The first-order chi connectivity index (χ1) is 9.13. The van der Waals surface area contributed by atoms with Crippen LogP contribution in [0.3, 0.4) is 0 Å². The third-order valence-electron chi connectivity index (χ3n) is 2.13. The largest absolute Gasteiger partial charge is 0.394 e. The molecule has 0 bridgehead atoms. The zero-order chi connectivity index (χ0) is 14.1. The molecule has 0 atom stereocenters. The summed E-state index contributed by atoms with van der Waals surface area (Å²) in [5.41, 5.74) is 0.962. The Balaban J connectivity index is 2.28. The molecule has 0 aliphatic heterocycles. The number of hydrogen-bond acceptors (Lipinski definition) is 5. The van der Waals surface area contributed by atoms with Crippen LogP contribution in [0.15, 0.2) is 18.3 Å². The lowest BCUT2D eigenvalue weighted by Gasteiger charge is -2.06. The quantitative estimate of drug-likeness (QED) is 0.474. The molecule has 0 aliphatic carbocycles. The van der Waals surface area contributed by atoms with Crippen molar-refractivity contribution in [3.8, 4) is 0 Å². The minimum atomic E-state index is -0.779. The van der Waals surface area contributed by atoms with Crippen molar-refractivity contribution in [2.75, 3.05) is 31.7 Å². The number of hydrogen-bond donors (Lipinski definition) is 3. The molecule has 104 valence electrons. The topological polar surface area (TPSA) is 101 Å². The Morgan fingerprint density at radius 2 is 2.11 bits per heavy atom. The Morgan fingerprint density at radius 1 is 1.32 bits per heavy atom. The maximum absolute atomic E-state index is 11.5. The van der Waals surface area contributed by atoms with Crippen molar-refractivity contribution >= 4 is 17.6 Å². The van der Waals surface area contributed by atoms with Crippen LogP contribution in [0.4, 0.5) is 5.82 Å². The van der Waals surface area contributed by atoms with Crippen LogP contribution < -0.4 is 10.6 Å². The second-order valence-corrected chi connectivity index (χ2v) is 3.77. The molecule has 0 aromatic carbocycles. The Kier molecular flexibility index (Phi) is 6.48. The monoisotopic (exact) mass is 267 g/mol. The molecule has 0 aliphatic rings. The first-order valence-corrected chi connectivity index (χ1v) is 5.84. The molecule has 3 N–H and O–H groups in total. The van der Waals surface area contributed by atoms with Crippen LogP contribution in [0.2, 0.25) is 0 Å². The number of aliphatic hydroxyl groups excluding tert-OH is 1. The van der Waals surface area contributed by atoms with Crippen LogP contribution in [0.5, 0.6) is 0 Å². The van der Waals surface area contributed by atoms with Crippen LogP contribution in [-0.2, 0) is 14.3 Å². The van der Waals surface area contributed by atoms with Crippen molar-refractivity contribution in [3.05, 3.63) is 23.9 Å². The fourth-order valence-corrected chi connectivity index (χ4v) is 1.20. The SMILES string of the molecule is Cc1ccc(NC(=O)C(=O)NCCOCCO)nc1. The summed E-state index contributed by atoms with van der Waals surface area (Å²) >= 11 is 0. The molecule has 0 saturated carbocycles. The normalized spacial score (nSPS) is 10.0. The second-order valence-electron chi connectivity index (χ2n) is 3.77. The minimum Gasteiger partial charge on any atom is -0.394 e. The number of anilines is 1. The van der Waals surface area contributed by atoms with Crippen molar-refractivity contribution < 1.29 is 19.4 Å². The van der Waals surface area contributed by atoms with Gasteiger partial charge in [-0.15, -0.1) is 0 Å². The van der Waals surface area contributed by atoms with Gasteiger partial charge in [-0.1, -0.05) is 6.07 Å². The van der Waals surface area contributed by atoms with Crippen molar-refractivity contribution in [3.63, 3.8) is 0 Å². The number of aromatic nitrogens is 1. The van der Waals surface area contributed by atoms with E-state index in [-0.39, 0.29) is 26.4 Å². The summed E-state index contributed by atoms with van der Waals surface area (Å²) in [6, 6.07) is 3.40. The smallest absolute Gasteiger partial charge is 0.314 e. The summed E-state index contributed by atoms with van der Waals surface area (Å²) in [5.74, 6) is -1.21. The molecular weight excluding hydrogens is 250 g/mol. The van der Waals surface area contributed by atoms with Crippen LogP contribution in [0.25, 0.3) is 0 Å². The summed E-state index contributed by atoms with van der Waals surface area (Å²) < 4.78 is 4.94. The third kappa shape index (κ3) is 5.94. The van der Waals surface area contributed by atoms with E-state index in [2.05, 4.69) is 15.6 Å². The molecule has 1 aromatic rings. The summed E-state index contributed by atoms with van der Waals surface area (Å²) in [6.45, 7) is 2.44. The molecule has 0 fully saturated rings. The molecule has 7 nitrogen and oxygen atoms in total. The average molecular weight is 267 g/mol. The highest BCUT2D eigenvalue weighted by Gasteiger charge is 2.13. The standard InChI is InChI=1S/C12H17N3O4/c1-9-2-3-10(14-8-9)15-12(18)11(17)13-4-6-19-7-5-16/h2-3,8,16H,4-7H2,1H3,(H,13,17)(H,14,15,18). The number of aryl methyl sites for hydroxylation is 1. The number of carbonyl (C=O) groups is 2. The summed E-state index contributed by atoms with van der Waals surface area (Å²) in [5, 5.41) is 13.2. The van der Waals surface area contributed by atoms with Crippen molar-refractivity contribution in [2.24, 2.45) is 0 Å². The lowest BCUT2D eigenvalue weighted by atomic mass is 10.3. The number of nitrogens with zero attached hydrogens (tertiary/aromatic N) is 1. The molecule has 1 aromatic heterocycles. The molecule has 0 radical (unpaired) electrons. The van der Waals surface area contributed by atoms with E-state index in [0.29, 0.717) is 5.82 Å². The van der Waals surface area contributed by atoms with E-state index in [4.69, 9.17) is 9.84 Å². The number of rotatable bonds is 6. The predicted molar refractivity (Wildman–Crippen MR) is 68.5 cm³/mol. The highest BCUT2D eigenvalue weighted by Crippen LogP contribution is 2.03.